The van der Waals surface area contributed by atoms with Gasteiger partial charge in [0, 0.05) is 18.4 Å². The van der Waals surface area contributed by atoms with Crippen LogP contribution in [0.2, 0.25) is 0 Å². The van der Waals surface area contributed by atoms with Crippen molar-refractivity contribution in [3.05, 3.63) is 35.6 Å². The van der Waals surface area contributed by atoms with Crippen LogP contribution in [-0.4, -0.2) is 30.3 Å². The molecule has 1 heterocycles. The van der Waals surface area contributed by atoms with Gasteiger partial charge in [-0.3, -0.25) is 4.79 Å². The standard InChI is InChI=1S/C13H15ClFNO.ClH/c1-16-6-5-11(13(14)17)12(8-16)9-3-2-4-10(15)7-9;/h2-4,7,11-12H,5-6,8H2,1H3;1H/t11-,12+;/m1./s1. The second-order valence-corrected chi connectivity index (χ2v) is 5.00. The van der Waals surface area contributed by atoms with E-state index in [1.54, 1.807) is 6.07 Å². The van der Waals surface area contributed by atoms with E-state index in [0.717, 1.165) is 25.1 Å². The summed E-state index contributed by atoms with van der Waals surface area (Å²) in [6, 6.07) is 6.44. The summed E-state index contributed by atoms with van der Waals surface area (Å²) in [6.45, 7) is 1.60. The van der Waals surface area contributed by atoms with Gasteiger partial charge in [0.25, 0.3) is 0 Å². The molecule has 1 aliphatic rings. The molecule has 0 aliphatic carbocycles. The van der Waals surface area contributed by atoms with Gasteiger partial charge >= 0.3 is 0 Å². The van der Waals surface area contributed by atoms with E-state index in [1.165, 1.54) is 12.1 Å². The molecule has 0 radical (unpaired) electrons. The van der Waals surface area contributed by atoms with E-state index < -0.39 is 0 Å². The van der Waals surface area contributed by atoms with E-state index in [4.69, 9.17) is 11.6 Å². The molecule has 1 fully saturated rings. The average molecular weight is 292 g/mol. The second kappa shape index (κ2) is 6.50. The molecule has 0 saturated carbocycles. The Labute approximate surface area is 118 Å². The summed E-state index contributed by atoms with van der Waals surface area (Å²) in [4.78, 5) is 13.6. The van der Waals surface area contributed by atoms with Crippen LogP contribution in [-0.2, 0) is 4.79 Å². The lowest BCUT2D eigenvalue weighted by Gasteiger charge is -2.35. The van der Waals surface area contributed by atoms with Crippen molar-refractivity contribution in [3.8, 4) is 0 Å². The van der Waals surface area contributed by atoms with Gasteiger partial charge in [-0.25, -0.2) is 4.39 Å². The van der Waals surface area contributed by atoms with Crippen LogP contribution < -0.4 is 0 Å². The molecule has 5 heteroatoms. The molecule has 0 amide bonds. The first kappa shape index (κ1) is 15.4. The van der Waals surface area contributed by atoms with Gasteiger partial charge in [-0.2, -0.15) is 0 Å². The lowest BCUT2D eigenvalue weighted by molar-refractivity contribution is -0.117. The van der Waals surface area contributed by atoms with Crippen LogP contribution in [0, 0.1) is 11.7 Å². The fourth-order valence-electron chi connectivity index (χ4n) is 2.46. The predicted molar refractivity (Wildman–Crippen MR) is 72.9 cm³/mol. The molecular formula is C13H16Cl2FNO. The molecule has 2 rings (SSSR count). The largest absolute Gasteiger partial charge is 0.306 e. The predicted octanol–water partition coefficient (Wildman–Crippen LogP) is 3.05. The first-order valence-electron chi connectivity index (χ1n) is 5.71. The maximum atomic E-state index is 13.2. The van der Waals surface area contributed by atoms with Crippen LogP contribution in [0.3, 0.4) is 0 Å². The summed E-state index contributed by atoms with van der Waals surface area (Å²) >= 11 is 5.64. The van der Waals surface area contributed by atoms with Crippen LogP contribution in [0.25, 0.3) is 0 Å². The zero-order chi connectivity index (χ0) is 12.4. The van der Waals surface area contributed by atoms with Gasteiger partial charge in [0.2, 0.25) is 5.24 Å². The van der Waals surface area contributed by atoms with Crippen molar-refractivity contribution >= 4 is 29.3 Å². The highest BCUT2D eigenvalue weighted by atomic mass is 35.5. The van der Waals surface area contributed by atoms with Crippen molar-refractivity contribution in [1.82, 2.24) is 4.90 Å². The Morgan fingerprint density at radius 1 is 1.50 bits per heavy atom. The van der Waals surface area contributed by atoms with Crippen molar-refractivity contribution in [2.75, 3.05) is 20.1 Å². The highest BCUT2D eigenvalue weighted by Crippen LogP contribution is 2.33. The maximum Gasteiger partial charge on any atom is 0.225 e. The third-order valence-corrected chi connectivity index (χ3v) is 3.66. The van der Waals surface area contributed by atoms with Crippen LogP contribution in [0.15, 0.2) is 24.3 Å². The zero-order valence-corrected chi connectivity index (χ0v) is 11.7. The summed E-state index contributed by atoms with van der Waals surface area (Å²) in [6.07, 6.45) is 0.736. The van der Waals surface area contributed by atoms with Crippen molar-refractivity contribution in [2.45, 2.75) is 12.3 Å². The molecular weight excluding hydrogens is 276 g/mol. The highest BCUT2D eigenvalue weighted by Gasteiger charge is 2.33. The molecule has 1 aromatic rings. The zero-order valence-electron chi connectivity index (χ0n) is 10.1. The van der Waals surface area contributed by atoms with Crippen molar-refractivity contribution < 1.29 is 9.18 Å². The first-order chi connectivity index (χ1) is 8.08. The summed E-state index contributed by atoms with van der Waals surface area (Å²) in [5, 5.41) is -0.313. The smallest absolute Gasteiger partial charge is 0.225 e. The quantitative estimate of drug-likeness (QED) is 0.781. The fraction of sp³-hybridized carbons (Fsp3) is 0.462. The first-order valence-corrected chi connectivity index (χ1v) is 6.09. The Morgan fingerprint density at radius 2 is 2.22 bits per heavy atom. The van der Waals surface area contributed by atoms with Gasteiger partial charge in [0.15, 0.2) is 0 Å². The lowest BCUT2D eigenvalue weighted by atomic mass is 9.81. The minimum atomic E-state index is -0.313. The Morgan fingerprint density at radius 3 is 2.83 bits per heavy atom. The Balaban J connectivity index is 0.00000162. The molecule has 18 heavy (non-hydrogen) atoms. The fourth-order valence-corrected chi connectivity index (χ4v) is 2.72. The normalized spacial score (nSPS) is 24.4. The average Bonchev–Trinajstić information content (AvgIpc) is 2.28. The van der Waals surface area contributed by atoms with E-state index in [0.29, 0.717) is 0 Å². The number of likely N-dealkylation sites (tertiary alicyclic amines) is 1. The van der Waals surface area contributed by atoms with E-state index in [-0.39, 0.29) is 35.3 Å². The van der Waals surface area contributed by atoms with Gasteiger partial charge in [-0.1, -0.05) is 12.1 Å². The number of rotatable bonds is 2. The summed E-state index contributed by atoms with van der Waals surface area (Å²) in [5.41, 5.74) is 0.857. The van der Waals surface area contributed by atoms with Crippen molar-refractivity contribution in [3.63, 3.8) is 0 Å². The monoisotopic (exact) mass is 291 g/mol. The molecule has 0 unspecified atom stereocenters. The lowest BCUT2D eigenvalue weighted by Crippen LogP contribution is -2.38. The molecule has 0 aromatic heterocycles. The van der Waals surface area contributed by atoms with E-state index >= 15 is 0 Å². The minimum Gasteiger partial charge on any atom is -0.306 e. The number of hydrogen-bond acceptors (Lipinski definition) is 2. The number of nitrogens with zero attached hydrogens (tertiary/aromatic N) is 1. The van der Waals surface area contributed by atoms with Crippen LogP contribution in [0.1, 0.15) is 17.9 Å². The van der Waals surface area contributed by atoms with Crippen LogP contribution >= 0.6 is 24.0 Å². The number of carbonyl (C=O) groups excluding carboxylic acids is 1. The number of likely N-dealkylation sites (N-methyl/N-ethyl adjacent to an activating group) is 1. The van der Waals surface area contributed by atoms with Crippen molar-refractivity contribution in [2.24, 2.45) is 5.92 Å². The number of piperidine rings is 1. The molecule has 2 atom stereocenters. The van der Waals surface area contributed by atoms with Crippen LogP contribution in [0.5, 0.6) is 0 Å². The van der Waals surface area contributed by atoms with Gasteiger partial charge in [-0.15, -0.1) is 12.4 Å². The van der Waals surface area contributed by atoms with E-state index in [2.05, 4.69) is 4.90 Å². The summed E-state index contributed by atoms with van der Waals surface area (Å²) < 4.78 is 13.2. The summed E-state index contributed by atoms with van der Waals surface area (Å²) in [7, 11) is 2.00. The molecule has 1 aliphatic heterocycles. The summed E-state index contributed by atoms with van der Waals surface area (Å²) in [5.74, 6) is -0.472. The number of carbonyl (C=O) groups is 1. The molecule has 0 bridgehead atoms. The third-order valence-electron chi connectivity index (χ3n) is 3.38. The van der Waals surface area contributed by atoms with Gasteiger partial charge in [-0.05, 0) is 49.3 Å². The Hall–Kier alpha value is -0.640. The maximum absolute atomic E-state index is 13.2. The van der Waals surface area contributed by atoms with E-state index in [1.807, 2.05) is 13.1 Å². The second-order valence-electron chi connectivity index (χ2n) is 4.62. The molecule has 100 valence electrons. The molecule has 0 spiro atoms. The van der Waals surface area contributed by atoms with Gasteiger partial charge < -0.3 is 4.90 Å². The number of hydrogen-bond donors (Lipinski definition) is 0. The van der Waals surface area contributed by atoms with Crippen molar-refractivity contribution in [1.29, 1.82) is 0 Å². The van der Waals surface area contributed by atoms with Gasteiger partial charge in [0.05, 0.1) is 0 Å². The topological polar surface area (TPSA) is 20.3 Å². The Kier molecular flexibility index (Phi) is 5.57. The highest BCUT2D eigenvalue weighted by molar-refractivity contribution is 6.64. The SMILES string of the molecule is CN1CC[C@@H](C(=O)Cl)[C@H](c2cccc(F)c2)C1.Cl. The molecule has 2 nitrogen and oxygen atoms in total. The Bertz CT molecular complexity index is 427. The number of benzene rings is 1. The third kappa shape index (κ3) is 3.44. The molecule has 0 N–H and O–H groups in total. The molecule has 1 aromatic carbocycles. The van der Waals surface area contributed by atoms with E-state index in [9.17, 15) is 9.18 Å². The number of halogens is 3. The van der Waals surface area contributed by atoms with Crippen LogP contribution in [0.4, 0.5) is 4.39 Å². The molecule has 1 saturated heterocycles. The minimum absolute atomic E-state index is 0. The van der Waals surface area contributed by atoms with Gasteiger partial charge in [0.1, 0.15) is 5.82 Å².